The Morgan fingerprint density at radius 3 is 2.57 bits per heavy atom. The summed E-state index contributed by atoms with van der Waals surface area (Å²) in [5.74, 6) is -0.298. The fourth-order valence-corrected chi connectivity index (χ4v) is 1.82. The Bertz CT molecular complexity index is 639. The molecule has 0 amide bonds. The number of ether oxygens (including phenoxy) is 1. The first-order valence-corrected chi connectivity index (χ1v) is 6.64. The number of rotatable bonds is 5. The van der Waals surface area contributed by atoms with Crippen molar-refractivity contribution < 1.29 is 9.53 Å². The molecule has 0 radical (unpaired) electrons. The van der Waals surface area contributed by atoms with Gasteiger partial charge in [0.1, 0.15) is 5.69 Å². The molecule has 2 aromatic rings. The van der Waals surface area contributed by atoms with Gasteiger partial charge < -0.3 is 10.5 Å². The van der Waals surface area contributed by atoms with Crippen molar-refractivity contribution in [1.82, 2.24) is 0 Å². The maximum absolute atomic E-state index is 10.8. The van der Waals surface area contributed by atoms with Gasteiger partial charge in [0, 0.05) is 13.3 Å². The zero-order chi connectivity index (χ0) is 15.1. The summed E-state index contributed by atoms with van der Waals surface area (Å²) in [6.07, 6.45) is 0.556. The van der Waals surface area contributed by atoms with Crippen LogP contribution in [0.2, 0.25) is 0 Å². The van der Waals surface area contributed by atoms with E-state index in [9.17, 15) is 4.79 Å². The predicted octanol–water partition coefficient (Wildman–Crippen LogP) is 3.79. The van der Waals surface area contributed by atoms with Crippen molar-refractivity contribution in [2.75, 3.05) is 12.3 Å². The summed E-state index contributed by atoms with van der Waals surface area (Å²) in [6, 6.07) is 15.0. The number of azo groups is 1. The highest BCUT2D eigenvalue weighted by atomic mass is 16.5. The van der Waals surface area contributed by atoms with E-state index in [1.54, 1.807) is 6.07 Å². The van der Waals surface area contributed by atoms with Gasteiger partial charge in [0.25, 0.3) is 0 Å². The predicted molar refractivity (Wildman–Crippen MR) is 81.8 cm³/mol. The number of benzene rings is 2. The van der Waals surface area contributed by atoms with Gasteiger partial charge in [0.15, 0.2) is 0 Å². The lowest BCUT2D eigenvalue weighted by molar-refractivity contribution is -0.140. The average molecular weight is 283 g/mol. The number of hydrogen-bond donors (Lipinski definition) is 1. The van der Waals surface area contributed by atoms with Crippen molar-refractivity contribution in [3.63, 3.8) is 0 Å². The van der Waals surface area contributed by atoms with Crippen LogP contribution in [0.15, 0.2) is 58.8 Å². The average Bonchev–Trinajstić information content (AvgIpc) is 2.48. The number of carbonyl (C=O) groups is 1. The Hall–Kier alpha value is -2.69. The summed E-state index contributed by atoms with van der Waals surface area (Å²) in [5.41, 5.74) is 8.90. The van der Waals surface area contributed by atoms with Gasteiger partial charge in [0.2, 0.25) is 0 Å². The van der Waals surface area contributed by atoms with Crippen LogP contribution in [0, 0.1) is 0 Å². The Kier molecular flexibility index (Phi) is 5.04. The molecule has 2 aromatic carbocycles. The van der Waals surface area contributed by atoms with Gasteiger partial charge in [0.05, 0.1) is 18.0 Å². The second-order valence-corrected chi connectivity index (χ2v) is 4.48. The van der Waals surface area contributed by atoms with Gasteiger partial charge in [-0.15, -0.1) is 5.11 Å². The molecule has 21 heavy (non-hydrogen) atoms. The van der Waals surface area contributed by atoms with Crippen molar-refractivity contribution in [1.29, 1.82) is 0 Å². The molecule has 5 heteroatoms. The number of nitrogens with zero attached hydrogens (tertiary/aromatic N) is 2. The molecular formula is C16H17N3O2. The first-order chi connectivity index (χ1) is 10.2. The van der Waals surface area contributed by atoms with Crippen LogP contribution in [0.3, 0.4) is 0 Å². The molecule has 0 saturated heterocycles. The molecule has 2 N–H and O–H groups in total. The summed E-state index contributed by atoms with van der Waals surface area (Å²) < 4.78 is 4.92. The third-order valence-corrected chi connectivity index (χ3v) is 2.88. The Morgan fingerprint density at radius 1 is 1.10 bits per heavy atom. The number of anilines is 1. The number of esters is 1. The monoisotopic (exact) mass is 283 g/mol. The minimum atomic E-state index is -0.298. The number of para-hydroxylation sites is 1. The third-order valence-electron chi connectivity index (χ3n) is 2.88. The second kappa shape index (κ2) is 7.19. The molecule has 0 aromatic heterocycles. The number of nitrogen functional groups attached to an aromatic ring is 1. The summed E-state index contributed by atoms with van der Waals surface area (Å²) in [5, 5.41) is 8.32. The van der Waals surface area contributed by atoms with Gasteiger partial charge in [-0.05, 0) is 23.8 Å². The zero-order valence-corrected chi connectivity index (χ0v) is 11.8. The molecule has 0 aliphatic carbocycles. The summed E-state index contributed by atoms with van der Waals surface area (Å²) >= 11 is 0. The maximum atomic E-state index is 10.8. The molecule has 0 bridgehead atoms. The molecular weight excluding hydrogens is 266 g/mol. The van der Waals surface area contributed by atoms with Crippen molar-refractivity contribution in [3.05, 3.63) is 54.1 Å². The van der Waals surface area contributed by atoms with E-state index in [-0.39, 0.29) is 5.97 Å². The number of hydrogen-bond acceptors (Lipinski definition) is 5. The van der Waals surface area contributed by atoms with Crippen molar-refractivity contribution in [3.8, 4) is 0 Å². The molecule has 0 spiro atoms. The molecule has 5 nitrogen and oxygen atoms in total. The lowest BCUT2D eigenvalue weighted by Gasteiger charge is -2.07. The topological polar surface area (TPSA) is 77.0 Å². The fraction of sp³-hybridized carbons (Fsp3) is 0.188. The van der Waals surface area contributed by atoms with Crippen LogP contribution in [0.5, 0.6) is 0 Å². The molecule has 2 rings (SSSR count). The fourth-order valence-electron chi connectivity index (χ4n) is 1.82. The van der Waals surface area contributed by atoms with E-state index in [1.165, 1.54) is 6.92 Å². The lowest BCUT2D eigenvalue weighted by Crippen LogP contribution is -2.05. The van der Waals surface area contributed by atoms with E-state index >= 15 is 0 Å². The third kappa shape index (κ3) is 4.42. The standard InChI is InChI=1S/C16H17N3O2/c1-12(20)21-11-10-13-6-5-9-15(16(13)17)19-18-14-7-3-2-4-8-14/h2-9H,10-11,17H2,1H3. The molecule has 0 heterocycles. The van der Waals surface area contributed by atoms with Gasteiger partial charge >= 0.3 is 5.97 Å². The van der Waals surface area contributed by atoms with E-state index in [1.807, 2.05) is 42.5 Å². The Labute approximate surface area is 123 Å². The van der Waals surface area contributed by atoms with E-state index in [0.29, 0.717) is 24.4 Å². The van der Waals surface area contributed by atoms with Crippen LogP contribution in [0.4, 0.5) is 17.1 Å². The van der Waals surface area contributed by atoms with Crippen LogP contribution in [0.1, 0.15) is 12.5 Å². The quantitative estimate of drug-likeness (QED) is 0.515. The number of nitrogens with two attached hydrogens (primary N) is 1. The normalized spacial score (nSPS) is 10.7. The second-order valence-electron chi connectivity index (χ2n) is 4.48. The van der Waals surface area contributed by atoms with E-state index in [2.05, 4.69) is 10.2 Å². The largest absolute Gasteiger partial charge is 0.466 e. The van der Waals surface area contributed by atoms with Gasteiger partial charge in [-0.1, -0.05) is 30.3 Å². The maximum Gasteiger partial charge on any atom is 0.302 e. The van der Waals surface area contributed by atoms with Crippen LogP contribution in [0.25, 0.3) is 0 Å². The molecule has 0 unspecified atom stereocenters. The highest BCUT2D eigenvalue weighted by Gasteiger charge is 2.05. The highest BCUT2D eigenvalue weighted by Crippen LogP contribution is 2.27. The molecule has 0 aliphatic rings. The van der Waals surface area contributed by atoms with Crippen LogP contribution in [-0.4, -0.2) is 12.6 Å². The van der Waals surface area contributed by atoms with E-state index < -0.39 is 0 Å². The van der Waals surface area contributed by atoms with E-state index in [0.717, 1.165) is 11.3 Å². The molecule has 0 atom stereocenters. The minimum Gasteiger partial charge on any atom is -0.466 e. The van der Waals surface area contributed by atoms with Crippen molar-refractivity contribution in [2.24, 2.45) is 10.2 Å². The molecule has 108 valence electrons. The van der Waals surface area contributed by atoms with Crippen molar-refractivity contribution >= 4 is 23.0 Å². The smallest absolute Gasteiger partial charge is 0.302 e. The Morgan fingerprint density at radius 2 is 1.86 bits per heavy atom. The Balaban J connectivity index is 2.10. The zero-order valence-electron chi connectivity index (χ0n) is 11.8. The number of carbonyl (C=O) groups excluding carboxylic acids is 1. The van der Waals surface area contributed by atoms with Crippen LogP contribution in [-0.2, 0) is 16.0 Å². The highest BCUT2D eigenvalue weighted by molar-refractivity contribution is 5.67. The van der Waals surface area contributed by atoms with Crippen molar-refractivity contribution in [2.45, 2.75) is 13.3 Å². The van der Waals surface area contributed by atoms with Crippen LogP contribution < -0.4 is 5.73 Å². The minimum absolute atomic E-state index is 0.298. The lowest BCUT2D eigenvalue weighted by atomic mass is 10.1. The van der Waals surface area contributed by atoms with E-state index in [4.69, 9.17) is 10.5 Å². The molecule has 0 fully saturated rings. The first kappa shape index (κ1) is 14.7. The molecule has 0 saturated carbocycles. The first-order valence-electron chi connectivity index (χ1n) is 6.64. The van der Waals surface area contributed by atoms with Crippen LogP contribution >= 0.6 is 0 Å². The summed E-state index contributed by atoms with van der Waals surface area (Å²) in [7, 11) is 0. The molecule has 0 aliphatic heterocycles. The van der Waals surface area contributed by atoms with Gasteiger partial charge in [-0.2, -0.15) is 5.11 Å². The van der Waals surface area contributed by atoms with Gasteiger partial charge in [-0.3, -0.25) is 4.79 Å². The SMILES string of the molecule is CC(=O)OCCc1cccc(N=Nc2ccccc2)c1N. The summed E-state index contributed by atoms with van der Waals surface area (Å²) in [4.78, 5) is 10.8. The summed E-state index contributed by atoms with van der Waals surface area (Å²) in [6.45, 7) is 1.69. The van der Waals surface area contributed by atoms with Gasteiger partial charge in [-0.25, -0.2) is 0 Å².